The van der Waals surface area contributed by atoms with E-state index in [1.54, 1.807) is 6.92 Å². The standard InChI is InChI=1S/C19H20O4/c1-2-22-19(21)14-23-18(20)13-17(15-9-5-3-6-10-15)16-11-7-4-8-12-16/h3-12,17H,2,13-14H2,1H3. The van der Waals surface area contributed by atoms with Gasteiger partial charge in [0.25, 0.3) is 0 Å². The van der Waals surface area contributed by atoms with Crippen LogP contribution in [0.2, 0.25) is 0 Å². The molecule has 0 aliphatic carbocycles. The lowest BCUT2D eigenvalue weighted by molar-refractivity contribution is -0.158. The van der Waals surface area contributed by atoms with Gasteiger partial charge in [-0.15, -0.1) is 0 Å². The first-order chi connectivity index (χ1) is 11.2. The zero-order chi connectivity index (χ0) is 16.5. The summed E-state index contributed by atoms with van der Waals surface area (Å²) < 4.78 is 9.77. The van der Waals surface area contributed by atoms with Gasteiger partial charge in [-0.25, -0.2) is 4.79 Å². The Morgan fingerprint density at radius 3 is 1.83 bits per heavy atom. The van der Waals surface area contributed by atoms with Crippen LogP contribution < -0.4 is 0 Å². The Kier molecular flexibility index (Phi) is 6.36. The predicted molar refractivity (Wildman–Crippen MR) is 86.9 cm³/mol. The predicted octanol–water partition coefficient (Wildman–Crippen LogP) is 3.31. The molecule has 4 nitrogen and oxygen atoms in total. The van der Waals surface area contributed by atoms with Crippen molar-refractivity contribution < 1.29 is 19.1 Å². The lowest BCUT2D eigenvalue weighted by atomic mass is 9.89. The van der Waals surface area contributed by atoms with Crippen LogP contribution >= 0.6 is 0 Å². The SMILES string of the molecule is CCOC(=O)COC(=O)CC(c1ccccc1)c1ccccc1. The van der Waals surface area contributed by atoms with E-state index in [0.29, 0.717) is 0 Å². The summed E-state index contributed by atoms with van der Waals surface area (Å²) in [7, 11) is 0. The zero-order valence-corrected chi connectivity index (χ0v) is 13.1. The van der Waals surface area contributed by atoms with Gasteiger partial charge in [-0.1, -0.05) is 60.7 Å². The van der Waals surface area contributed by atoms with E-state index in [9.17, 15) is 9.59 Å². The zero-order valence-electron chi connectivity index (χ0n) is 13.1. The van der Waals surface area contributed by atoms with E-state index >= 15 is 0 Å². The van der Waals surface area contributed by atoms with E-state index in [-0.39, 0.29) is 25.6 Å². The molecule has 0 aromatic heterocycles. The molecule has 4 heteroatoms. The summed E-state index contributed by atoms with van der Waals surface area (Å²) in [5.74, 6) is -1.06. The molecule has 2 rings (SSSR count). The molecule has 0 atom stereocenters. The highest BCUT2D eigenvalue weighted by Crippen LogP contribution is 2.28. The molecule has 0 heterocycles. The van der Waals surface area contributed by atoms with Crippen molar-refractivity contribution in [3.8, 4) is 0 Å². The third-order valence-electron chi connectivity index (χ3n) is 3.43. The summed E-state index contributed by atoms with van der Waals surface area (Å²) in [4.78, 5) is 23.4. The molecular weight excluding hydrogens is 292 g/mol. The maximum absolute atomic E-state index is 12.1. The van der Waals surface area contributed by atoms with Gasteiger partial charge in [-0.05, 0) is 18.1 Å². The van der Waals surface area contributed by atoms with Crippen LogP contribution in [0.4, 0.5) is 0 Å². The Hall–Kier alpha value is -2.62. The van der Waals surface area contributed by atoms with E-state index in [0.717, 1.165) is 11.1 Å². The third-order valence-corrected chi connectivity index (χ3v) is 3.43. The second-order valence-corrected chi connectivity index (χ2v) is 5.04. The van der Waals surface area contributed by atoms with Gasteiger partial charge in [0.2, 0.25) is 0 Å². The number of hydrogen-bond acceptors (Lipinski definition) is 4. The van der Waals surface area contributed by atoms with E-state index < -0.39 is 11.9 Å². The molecule has 0 saturated heterocycles. The van der Waals surface area contributed by atoms with Gasteiger partial charge in [-0.2, -0.15) is 0 Å². The van der Waals surface area contributed by atoms with Crippen LogP contribution in [0.15, 0.2) is 60.7 Å². The molecule has 0 fully saturated rings. The molecule has 0 N–H and O–H groups in total. The number of carbonyl (C=O) groups excluding carboxylic acids is 2. The molecule has 0 bridgehead atoms. The van der Waals surface area contributed by atoms with Crippen molar-refractivity contribution in [3.63, 3.8) is 0 Å². The third kappa shape index (κ3) is 5.25. The Morgan fingerprint density at radius 1 is 0.826 bits per heavy atom. The second-order valence-electron chi connectivity index (χ2n) is 5.04. The van der Waals surface area contributed by atoms with Gasteiger partial charge in [0.1, 0.15) is 0 Å². The minimum absolute atomic E-state index is 0.105. The summed E-state index contributed by atoms with van der Waals surface area (Å²) in [6.45, 7) is 1.64. The monoisotopic (exact) mass is 312 g/mol. The minimum Gasteiger partial charge on any atom is -0.463 e. The molecule has 0 saturated carbocycles. The van der Waals surface area contributed by atoms with E-state index in [1.807, 2.05) is 60.7 Å². The Morgan fingerprint density at radius 2 is 1.35 bits per heavy atom. The highest BCUT2D eigenvalue weighted by molar-refractivity contribution is 5.77. The lowest BCUT2D eigenvalue weighted by Crippen LogP contribution is -2.18. The van der Waals surface area contributed by atoms with Crippen LogP contribution in [-0.2, 0) is 19.1 Å². The molecular formula is C19H20O4. The molecule has 2 aromatic carbocycles. The van der Waals surface area contributed by atoms with Gasteiger partial charge in [0, 0.05) is 5.92 Å². The fraction of sp³-hybridized carbons (Fsp3) is 0.263. The van der Waals surface area contributed by atoms with Crippen LogP contribution in [0.1, 0.15) is 30.4 Å². The van der Waals surface area contributed by atoms with Gasteiger partial charge in [-0.3, -0.25) is 4.79 Å². The highest BCUT2D eigenvalue weighted by Gasteiger charge is 2.19. The summed E-state index contributed by atoms with van der Waals surface area (Å²) in [6, 6.07) is 19.6. The molecule has 0 radical (unpaired) electrons. The summed E-state index contributed by atoms with van der Waals surface area (Å²) in [6.07, 6.45) is 0.174. The van der Waals surface area contributed by atoms with Crippen molar-refractivity contribution in [2.45, 2.75) is 19.3 Å². The maximum Gasteiger partial charge on any atom is 0.344 e. The minimum atomic E-state index is -0.531. The topological polar surface area (TPSA) is 52.6 Å². The van der Waals surface area contributed by atoms with Crippen LogP contribution in [0.5, 0.6) is 0 Å². The average molecular weight is 312 g/mol. The molecule has 0 aliphatic heterocycles. The normalized spacial score (nSPS) is 10.3. The molecule has 23 heavy (non-hydrogen) atoms. The van der Waals surface area contributed by atoms with Crippen molar-refractivity contribution in [2.24, 2.45) is 0 Å². The van der Waals surface area contributed by atoms with E-state index in [4.69, 9.17) is 9.47 Å². The van der Waals surface area contributed by atoms with E-state index in [2.05, 4.69) is 0 Å². The van der Waals surface area contributed by atoms with Crippen molar-refractivity contribution in [1.29, 1.82) is 0 Å². The fourth-order valence-corrected chi connectivity index (χ4v) is 2.37. The molecule has 2 aromatic rings. The number of carbonyl (C=O) groups is 2. The molecule has 0 unspecified atom stereocenters. The highest BCUT2D eigenvalue weighted by atomic mass is 16.6. The van der Waals surface area contributed by atoms with Crippen LogP contribution in [-0.4, -0.2) is 25.2 Å². The quantitative estimate of drug-likeness (QED) is 0.736. The van der Waals surface area contributed by atoms with Gasteiger partial charge < -0.3 is 9.47 Å². The molecule has 0 amide bonds. The number of benzene rings is 2. The molecule has 0 aliphatic rings. The Labute approximate surface area is 136 Å². The smallest absolute Gasteiger partial charge is 0.344 e. The number of ether oxygens (including phenoxy) is 2. The van der Waals surface area contributed by atoms with Gasteiger partial charge >= 0.3 is 11.9 Å². The molecule has 0 spiro atoms. The van der Waals surface area contributed by atoms with Crippen molar-refractivity contribution in [2.75, 3.05) is 13.2 Å². The van der Waals surface area contributed by atoms with Crippen molar-refractivity contribution in [3.05, 3.63) is 71.8 Å². The summed E-state index contributed by atoms with van der Waals surface area (Å²) >= 11 is 0. The van der Waals surface area contributed by atoms with Gasteiger partial charge in [0.05, 0.1) is 13.0 Å². The number of rotatable bonds is 7. The average Bonchev–Trinajstić information content (AvgIpc) is 2.60. The van der Waals surface area contributed by atoms with Crippen molar-refractivity contribution >= 4 is 11.9 Å². The maximum atomic E-state index is 12.1. The summed E-state index contributed by atoms with van der Waals surface area (Å²) in [5.41, 5.74) is 2.07. The van der Waals surface area contributed by atoms with E-state index in [1.165, 1.54) is 0 Å². The Bertz CT molecular complexity index is 583. The number of hydrogen-bond donors (Lipinski definition) is 0. The first-order valence-corrected chi connectivity index (χ1v) is 7.62. The summed E-state index contributed by atoms with van der Waals surface area (Å²) in [5, 5.41) is 0. The van der Waals surface area contributed by atoms with Crippen LogP contribution in [0.25, 0.3) is 0 Å². The first kappa shape index (κ1) is 16.7. The number of esters is 2. The lowest BCUT2D eigenvalue weighted by Gasteiger charge is -2.17. The van der Waals surface area contributed by atoms with Gasteiger partial charge in [0.15, 0.2) is 6.61 Å². The molecule has 120 valence electrons. The van der Waals surface area contributed by atoms with Crippen LogP contribution in [0, 0.1) is 0 Å². The second kappa shape index (κ2) is 8.73. The fourth-order valence-electron chi connectivity index (χ4n) is 2.37. The largest absolute Gasteiger partial charge is 0.463 e. The van der Waals surface area contributed by atoms with Crippen LogP contribution in [0.3, 0.4) is 0 Å². The first-order valence-electron chi connectivity index (χ1n) is 7.62. The Balaban J connectivity index is 2.07. The van der Waals surface area contributed by atoms with Crippen molar-refractivity contribution in [1.82, 2.24) is 0 Å².